The first-order valence-electron chi connectivity index (χ1n) is 4.82. The Morgan fingerprint density at radius 3 is 3.00 bits per heavy atom. The van der Waals surface area contributed by atoms with Crippen molar-refractivity contribution in [2.24, 2.45) is 0 Å². The molecule has 2 aromatic heterocycles. The molecule has 5 nitrogen and oxygen atoms in total. The summed E-state index contributed by atoms with van der Waals surface area (Å²) in [7, 11) is 1.90. The standard InChI is InChI=1S/C10H9N5S/c1-11-8-5-3-2-4-7(8)9-14-15-6-12-13-10(15)16-9/h2-6,11H,1H3. The van der Waals surface area contributed by atoms with E-state index in [1.54, 1.807) is 10.8 Å². The lowest BCUT2D eigenvalue weighted by Crippen LogP contribution is -1.91. The lowest BCUT2D eigenvalue weighted by molar-refractivity contribution is 0.960. The normalized spacial score (nSPS) is 10.8. The molecule has 3 rings (SSSR count). The molecule has 0 unspecified atom stereocenters. The summed E-state index contributed by atoms with van der Waals surface area (Å²) in [6, 6.07) is 8.06. The molecule has 16 heavy (non-hydrogen) atoms. The van der Waals surface area contributed by atoms with Gasteiger partial charge in [-0.15, -0.1) is 10.2 Å². The van der Waals surface area contributed by atoms with Crippen LogP contribution < -0.4 is 5.32 Å². The van der Waals surface area contributed by atoms with Crippen LogP contribution in [0.1, 0.15) is 0 Å². The monoisotopic (exact) mass is 231 g/mol. The third-order valence-corrected chi connectivity index (χ3v) is 3.26. The molecule has 0 aliphatic heterocycles. The summed E-state index contributed by atoms with van der Waals surface area (Å²) in [5.74, 6) is 0. The highest BCUT2D eigenvalue weighted by Gasteiger charge is 2.10. The molecule has 0 amide bonds. The van der Waals surface area contributed by atoms with Gasteiger partial charge in [0, 0.05) is 18.3 Å². The summed E-state index contributed by atoms with van der Waals surface area (Å²) in [5, 5.41) is 16.3. The number of para-hydroxylation sites is 1. The summed E-state index contributed by atoms with van der Waals surface area (Å²) < 4.78 is 1.69. The Labute approximate surface area is 95.8 Å². The van der Waals surface area contributed by atoms with E-state index in [4.69, 9.17) is 0 Å². The maximum absolute atomic E-state index is 4.42. The Kier molecular flexibility index (Phi) is 2.07. The zero-order chi connectivity index (χ0) is 11.0. The molecule has 0 atom stereocenters. The van der Waals surface area contributed by atoms with Crippen LogP contribution in [-0.2, 0) is 0 Å². The van der Waals surface area contributed by atoms with Gasteiger partial charge in [0.15, 0.2) is 0 Å². The molecule has 0 aliphatic carbocycles. The molecular formula is C10H9N5S. The van der Waals surface area contributed by atoms with E-state index >= 15 is 0 Å². The highest BCUT2D eigenvalue weighted by molar-refractivity contribution is 7.19. The van der Waals surface area contributed by atoms with Gasteiger partial charge in [-0.1, -0.05) is 23.5 Å². The third kappa shape index (κ3) is 1.35. The van der Waals surface area contributed by atoms with Crippen LogP contribution in [0.3, 0.4) is 0 Å². The van der Waals surface area contributed by atoms with Gasteiger partial charge < -0.3 is 5.32 Å². The smallest absolute Gasteiger partial charge is 0.234 e. The number of hydrogen-bond donors (Lipinski definition) is 1. The Balaban J connectivity index is 2.18. The van der Waals surface area contributed by atoms with E-state index in [2.05, 4.69) is 20.6 Å². The van der Waals surface area contributed by atoms with E-state index in [-0.39, 0.29) is 0 Å². The zero-order valence-corrected chi connectivity index (χ0v) is 9.40. The zero-order valence-electron chi connectivity index (χ0n) is 8.58. The van der Waals surface area contributed by atoms with Gasteiger partial charge in [-0.05, 0) is 12.1 Å². The number of hydrogen-bond acceptors (Lipinski definition) is 5. The fourth-order valence-electron chi connectivity index (χ4n) is 1.56. The van der Waals surface area contributed by atoms with Crippen LogP contribution in [0.25, 0.3) is 15.5 Å². The Hall–Kier alpha value is -1.95. The van der Waals surface area contributed by atoms with Gasteiger partial charge in [0.1, 0.15) is 11.3 Å². The van der Waals surface area contributed by atoms with Gasteiger partial charge in [0.25, 0.3) is 0 Å². The Bertz CT molecular complexity index is 598. The molecule has 0 bridgehead atoms. The SMILES string of the molecule is CNc1ccccc1-c1nn2cnnc2s1. The minimum atomic E-state index is 0.806. The molecule has 0 aliphatic rings. The highest BCUT2D eigenvalue weighted by Crippen LogP contribution is 2.30. The van der Waals surface area contributed by atoms with Crippen LogP contribution in [0.2, 0.25) is 0 Å². The number of rotatable bonds is 2. The van der Waals surface area contributed by atoms with Crippen LogP contribution in [0.5, 0.6) is 0 Å². The quantitative estimate of drug-likeness (QED) is 0.731. The summed E-state index contributed by atoms with van der Waals surface area (Å²) in [6.45, 7) is 0. The van der Waals surface area contributed by atoms with Crippen molar-refractivity contribution in [3.63, 3.8) is 0 Å². The molecule has 80 valence electrons. The van der Waals surface area contributed by atoms with Gasteiger partial charge in [0.05, 0.1) is 0 Å². The lowest BCUT2D eigenvalue weighted by Gasteiger charge is -2.04. The van der Waals surface area contributed by atoms with Gasteiger partial charge >= 0.3 is 0 Å². The average Bonchev–Trinajstić information content (AvgIpc) is 2.89. The summed E-state index contributed by atoms with van der Waals surface area (Å²) >= 11 is 1.52. The van der Waals surface area contributed by atoms with Crippen molar-refractivity contribution < 1.29 is 0 Å². The number of nitrogens with one attached hydrogen (secondary N) is 1. The van der Waals surface area contributed by atoms with Crippen molar-refractivity contribution in [3.8, 4) is 10.6 Å². The molecule has 2 heterocycles. The van der Waals surface area contributed by atoms with E-state index < -0.39 is 0 Å². The fourth-order valence-corrected chi connectivity index (χ4v) is 2.42. The maximum Gasteiger partial charge on any atom is 0.234 e. The van der Waals surface area contributed by atoms with Gasteiger partial charge in [-0.2, -0.15) is 9.61 Å². The predicted octanol–water partition coefficient (Wildman–Crippen LogP) is 1.89. The minimum Gasteiger partial charge on any atom is -0.388 e. The molecule has 0 fully saturated rings. The van der Waals surface area contributed by atoms with Crippen molar-refractivity contribution in [2.45, 2.75) is 0 Å². The van der Waals surface area contributed by atoms with Crippen LogP contribution >= 0.6 is 11.3 Å². The second-order valence-corrected chi connectivity index (χ2v) is 4.22. The molecule has 1 N–H and O–H groups in total. The van der Waals surface area contributed by atoms with E-state index in [1.165, 1.54) is 11.3 Å². The molecule has 0 saturated carbocycles. The maximum atomic E-state index is 4.42. The predicted molar refractivity (Wildman–Crippen MR) is 63.6 cm³/mol. The van der Waals surface area contributed by atoms with Crippen molar-refractivity contribution in [3.05, 3.63) is 30.6 Å². The van der Waals surface area contributed by atoms with Crippen molar-refractivity contribution in [1.82, 2.24) is 19.8 Å². The molecule has 3 aromatic rings. The second kappa shape index (κ2) is 3.57. The minimum absolute atomic E-state index is 0.806. The largest absolute Gasteiger partial charge is 0.388 e. The Morgan fingerprint density at radius 1 is 1.31 bits per heavy atom. The first-order valence-corrected chi connectivity index (χ1v) is 5.64. The molecule has 0 radical (unpaired) electrons. The van der Waals surface area contributed by atoms with E-state index in [0.29, 0.717) is 0 Å². The van der Waals surface area contributed by atoms with E-state index in [1.807, 2.05) is 31.3 Å². The molecule has 0 saturated heterocycles. The fraction of sp³-hybridized carbons (Fsp3) is 0.100. The first kappa shape index (κ1) is 9.29. The second-order valence-electron chi connectivity index (χ2n) is 3.26. The van der Waals surface area contributed by atoms with E-state index in [9.17, 15) is 0 Å². The molecule has 1 aromatic carbocycles. The molecular weight excluding hydrogens is 222 g/mol. The number of anilines is 1. The molecule has 0 spiro atoms. The van der Waals surface area contributed by atoms with Gasteiger partial charge in [-0.25, -0.2) is 0 Å². The number of benzene rings is 1. The van der Waals surface area contributed by atoms with Crippen LogP contribution in [-0.4, -0.2) is 26.9 Å². The number of fused-ring (bicyclic) bond motifs is 1. The van der Waals surface area contributed by atoms with Crippen LogP contribution in [0.4, 0.5) is 5.69 Å². The first-order chi connectivity index (χ1) is 7.88. The van der Waals surface area contributed by atoms with Crippen molar-refractivity contribution in [2.75, 3.05) is 12.4 Å². The van der Waals surface area contributed by atoms with Gasteiger partial charge in [-0.3, -0.25) is 0 Å². The van der Waals surface area contributed by atoms with Crippen molar-refractivity contribution >= 4 is 22.0 Å². The van der Waals surface area contributed by atoms with Crippen molar-refractivity contribution in [1.29, 1.82) is 0 Å². The number of nitrogens with zero attached hydrogens (tertiary/aromatic N) is 4. The number of aromatic nitrogens is 4. The Morgan fingerprint density at radius 2 is 2.19 bits per heavy atom. The van der Waals surface area contributed by atoms with Crippen LogP contribution in [0.15, 0.2) is 30.6 Å². The van der Waals surface area contributed by atoms with E-state index in [0.717, 1.165) is 21.2 Å². The topological polar surface area (TPSA) is 55.1 Å². The summed E-state index contributed by atoms with van der Waals surface area (Å²) in [4.78, 5) is 0.806. The summed E-state index contributed by atoms with van der Waals surface area (Å²) in [6.07, 6.45) is 1.61. The average molecular weight is 231 g/mol. The van der Waals surface area contributed by atoms with Crippen LogP contribution in [0, 0.1) is 0 Å². The third-order valence-electron chi connectivity index (χ3n) is 2.31. The lowest BCUT2D eigenvalue weighted by atomic mass is 10.2. The highest BCUT2D eigenvalue weighted by atomic mass is 32.1. The van der Waals surface area contributed by atoms with Gasteiger partial charge in [0.2, 0.25) is 4.96 Å². The molecule has 6 heteroatoms. The summed E-state index contributed by atoms with van der Waals surface area (Å²) in [5.41, 5.74) is 2.15.